The summed E-state index contributed by atoms with van der Waals surface area (Å²) < 4.78 is 27.9. The van der Waals surface area contributed by atoms with E-state index in [1.54, 1.807) is 30.3 Å². The van der Waals surface area contributed by atoms with Crippen LogP contribution in [-0.2, 0) is 10.0 Å². The second kappa shape index (κ2) is 8.79. The topological polar surface area (TPSA) is 103 Å². The Bertz CT molecular complexity index is 968. The fraction of sp³-hybridized carbons (Fsp3) is 0.400. The maximum Gasteiger partial charge on any atom is 0.261 e. The van der Waals surface area contributed by atoms with Crippen LogP contribution >= 0.6 is 0 Å². The van der Waals surface area contributed by atoms with Gasteiger partial charge in [-0.1, -0.05) is 17.7 Å². The van der Waals surface area contributed by atoms with Crippen molar-refractivity contribution in [1.82, 2.24) is 15.6 Å². The van der Waals surface area contributed by atoms with Gasteiger partial charge >= 0.3 is 0 Å². The summed E-state index contributed by atoms with van der Waals surface area (Å²) in [5, 5.41) is 6.14. The lowest BCUT2D eigenvalue weighted by molar-refractivity contribution is 0.0943. The number of hydrogen-bond acceptors (Lipinski definition) is 6. The summed E-state index contributed by atoms with van der Waals surface area (Å²) in [5.41, 5.74) is 1.57. The van der Waals surface area contributed by atoms with Crippen molar-refractivity contribution in [3.8, 4) is 0 Å². The van der Waals surface area contributed by atoms with E-state index in [0.717, 1.165) is 31.7 Å². The quantitative estimate of drug-likeness (QED) is 0.662. The zero-order valence-electron chi connectivity index (χ0n) is 16.9. The van der Waals surface area contributed by atoms with Crippen LogP contribution in [0.5, 0.6) is 0 Å². The largest absolute Gasteiger partial charge is 0.353 e. The highest BCUT2D eigenvalue weighted by Gasteiger charge is 2.22. The van der Waals surface area contributed by atoms with Gasteiger partial charge in [-0.2, -0.15) is 0 Å². The van der Waals surface area contributed by atoms with E-state index in [9.17, 15) is 13.2 Å². The summed E-state index contributed by atoms with van der Waals surface area (Å²) in [7, 11) is -3.78. The maximum atomic E-state index is 12.8. The molecule has 0 aliphatic carbocycles. The molecule has 0 spiro atoms. The molecule has 0 unspecified atom stereocenters. The van der Waals surface area contributed by atoms with Gasteiger partial charge in [0.2, 0.25) is 0 Å². The molecule has 156 valence electrons. The Morgan fingerprint density at radius 3 is 2.45 bits per heavy atom. The molecule has 0 saturated carbocycles. The minimum Gasteiger partial charge on any atom is -0.353 e. The number of rotatable bonds is 6. The smallest absolute Gasteiger partial charge is 0.261 e. The highest BCUT2D eigenvalue weighted by molar-refractivity contribution is 7.92. The second-order valence-electron chi connectivity index (χ2n) is 7.38. The molecule has 0 radical (unpaired) electrons. The van der Waals surface area contributed by atoms with E-state index < -0.39 is 10.0 Å². The normalized spacial score (nSPS) is 14.7. The zero-order valence-corrected chi connectivity index (χ0v) is 17.7. The molecule has 2 heterocycles. The third-order valence-corrected chi connectivity index (χ3v) is 5.93. The molecule has 1 aliphatic rings. The van der Waals surface area contributed by atoms with Crippen molar-refractivity contribution in [1.29, 1.82) is 0 Å². The number of piperazine rings is 1. The number of hydrogen-bond donors (Lipinski definition) is 3. The lowest BCUT2D eigenvalue weighted by Gasteiger charge is -2.30. The van der Waals surface area contributed by atoms with E-state index in [1.165, 1.54) is 6.20 Å². The second-order valence-corrected chi connectivity index (χ2v) is 9.06. The number of amides is 1. The number of aromatic nitrogens is 1. The summed E-state index contributed by atoms with van der Waals surface area (Å²) in [6.07, 6.45) is 1.45. The molecule has 1 aromatic heterocycles. The SMILES string of the molecule is Cc1ccc(S(=O)(=O)Nc2cnc(N3CCNCC3)c(C(=O)NC(C)C)c2)cc1. The maximum absolute atomic E-state index is 12.8. The molecule has 3 N–H and O–H groups in total. The Hall–Kier alpha value is -2.65. The minimum atomic E-state index is -3.78. The van der Waals surface area contributed by atoms with E-state index in [4.69, 9.17) is 0 Å². The van der Waals surface area contributed by atoms with Gasteiger partial charge in [-0.3, -0.25) is 9.52 Å². The standard InChI is InChI=1S/C20H27N5O3S/c1-14(2)23-20(26)18-12-16(13-22-19(18)25-10-8-21-9-11-25)24-29(27,28)17-6-4-15(3)5-7-17/h4-7,12-14,21,24H,8-11H2,1-3H3,(H,23,26). The molecule has 8 nitrogen and oxygen atoms in total. The van der Waals surface area contributed by atoms with Crippen LogP contribution in [0.1, 0.15) is 29.8 Å². The van der Waals surface area contributed by atoms with Crippen LogP contribution in [0.2, 0.25) is 0 Å². The van der Waals surface area contributed by atoms with Crippen molar-refractivity contribution in [2.24, 2.45) is 0 Å². The Morgan fingerprint density at radius 2 is 1.83 bits per heavy atom. The van der Waals surface area contributed by atoms with Crippen LogP contribution in [0.3, 0.4) is 0 Å². The number of carbonyl (C=O) groups is 1. The Kier molecular flexibility index (Phi) is 6.39. The first-order valence-electron chi connectivity index (χ1n) is 9.62. The zero-order chi connectivity index (χ0) is 21.0. The summed E-state index contributed by atoms with van der Waals surface area (Å²) in [5.74, 6) is 0.278. The van der Waals surface area contributed by atoms with Gasteiger partial charge in [0, 0.05) is 32.2 Å². The molecular formula is C20H27N5O3S. The predicted molar refractivity (Wildman–Crippen MR) is 114 cm³/mol. The summed E-state index contributed by atoms with van der Waals surface area (Å²) >= 11 is 0. The minimum absolute atomic E-state index is 0.0497. The van der Waals surface area contributed by atoms with Crippen LogP contribution in [-0.4, -0.2) is 51.5 Å². The monoisotopic (exact) mass is 417 g/mol. The average molecular weight is 418 g/mol. The number of sulfonamides is 1. The molecule has 9 heteroatoms. The van der Waals surface area contributed by atoms with Gasteiger partial charge in [0.1, 0.15) is 5.82 Å². The number of nitrogens with one attached hydrogen (secondary N) is 3. The van der Waals surface area contributed by atoms with Crippen LogP contribution in [0.4, 0.5) is 11.5 Å². The highest BCUT2D eigenvalue weighted by Crippen LogP contribution is 2.24. The van der Waals surface area contributed by atoms with E-state index in [2.05, 4.69) is 20.3 Å². The van der Waals surface area contributed by atoms with Gasteiger partial charge in [-0.05, 0) is 39.0 Å². The first kappa shape index (κ1) is 21.1. The predicted octanol–water partition coefficient (Wildman–Crippen LogP) is 1.74. The van der Waals surface area contributed by atoms with Crippen molar-refractivity contribution in [3.05, 3.63) is 47.7 Å². The fourth-order valence-corrected chi connectivity index (χ4v) is 4.11. The summed E-state index contributed by atoms with van der Waals surface area (Å²) in [6, 6.07) is 8.07. The van der Waals surface area contributed by atoms with E-state index in [-0.39, 0.29) is 22.5 Å². The Balaban J connectivity index is 1.93. The van der Waals surface area contributed by atoms with Crippen LogP contribution in [0, 0.1) is 6.92 Å². The number of benzene rings is 1. The van der Waals surface area contributed by atoms with E-state index in [1.807, 2.05) is 25.7 Å². The molecule has 29 heavy (non-hydrogen) atoms. The number of anilines is 2. The van der Waals surface area contributed by atoms with Crippen molar-refractivity contribution < 1.29 is 13.2 Å². The van der Waals surface area contributed by atoms with Crippen molar-refractivity contribution in [2.45, 2.75) is 31.7 Å². The average Bonchev–Trinajstić information content (AvgIpc) is 2.68. The molecule has 0 bridgehead atoms. The fourth-order valence-electron chi connectivity index (χ4n) is 3.08. The van der Waals surface area contributed by atoms with E-state index >= 15 is 0 Å². The highest BCUT2D eigenvalue weighted by atomic mass is 32.2. The first-order chi connectivity index (χ1) is 13.8. The molecule has 1 fully saturated rings. The molecular weight excluding hydrogens is 390 g/mol. The third kappa shape index (κ3) is 5.24. The summed E-state index contributed by atoms with van der Waals surface area (Å²) in [4.78, 5) is 19.4. The van der Waals surface area contributed by atoms with Crippen molar-refractivity contribution >= 4 is 27.4 Å². The van der Waals surface area contributed by atoms with Gasteiger partial charge in [-0.15, -0.1) is 0 Å². The van der Waals surface area contributed by atoms with Crippen molar-refractivity contribution in [3.63, 3.8) is 0 Å². The van der Waals surface area contributed by atoms with Gasteiger partial charge in [0.15, 0.2) is 0 Å². The molecule has 1 aliphatic heterocycles. The molecule has 1 aromatic carbocycles. The van der Waals surface area contributed by atoms with Crippen molar-refractivity contribution in [2.75, 3.05) is 35.8 Å². The number of pyridine rings is 1. The molecule has 0 atom stereocenters. The van der Waals surface area contributed by atoms with Gasteiger partial charge in [0.05, 0.1) is 22.3 Å². The Labute approximate surface area is 171 Å². The molecule has 2 aromatic rings. The van der Waals surface area contributed by atoms with Crippen LogP contribution in [0.15, 0.2) is 41.4 Å². The van der Waals surface area contributed by atoms with Gasteiger partial charge in [0.25, 0.3) is 15.9 Å². The number of aryl methyl sites for hydroxylation is 1. The molecule has 1 saturated heterocycles. The molecule has 3 rings (SSSR count). The first-order valence-corrected chi connectivity index (χ1v) is 11.1. The number of nitrogens with zero attached hydrogens (tertiary/aromatic N) is 2. The third-order valence-electron chi connectivity index (χ3n) is 4.53. The molecule has 1 amide bonds. The van der Waals surface area contributed by atoms with Gasteiger partial charge in [-0.25, -0.2) is 13.4 Å². The van der Waals surface area contributed by atoms with Gasteiger partial charge < -0.3 is 15.5 Å². The lowest BCUT2D eigenvalue weighted by atomic mass is 10.2. The van der Waals surface area contributed by atoms with Crippen LogP contribution < -0.4 is 20.3 Å². The summed E-state index contributed by atoms with van der Waals surface area (Å²) in [6.45, 7) is 8.69. The van der Waals surface area contributed by atoms with Crippen LogP contribution in [0.25, 0.3) is 0 Å². The lowest BCUT2D eigenvalue weighted by Crippen LogP contribution is -2.45. The van der Waals surface area contributed by atoms with E-state index in [0.29, 0.717) is 11.4 Å². The number of carbonyl (C=O) groups excluding carboxylic acids is 1. The Morgan fingerprint density at radius 1 is 1.17 bits per heavy atom.